The second kappa shape index (κ2) is 5.10. The monoisotopic (exact) mass is 278 g/mol. The molecule has 0 amide bonds. The van der Waals surface area contributed by atoms with Crippen LogP contribution < -0.4 is 0 Å². The maximum absolute atomic E-state index is 10.9. The summed E-state index contributed by atoms with van der Waals surface area (Å²) in [5.74, 6) is 0.0526. The fraction of sp³-hybridized carbons (Fsp3) is 0.417. The molecule has 0 spiro atoms. The first-order valence-electron chi connectivity index (χ1n) is 6.16. The lowest BCUT2D eigenvalue weighted by molar-refractivity contribution is -0.393. The first-order valence-corrected chi connectivity index (χ1v) is 7.04. The van der Waals surface area contributed by atoms with Gasteiger partial charge in [-0.3, -0.25) is 4.90 Å². The molecule has 0 unspecified atom stereocenters. The van der Waals surface area contributed by atoms with Crippen molar-refractivity contribution in [3.8, 4) is 0 Å². The Bertz CT molecular complexity index is 562. The zero-order valence-electron chi connectivity index (χ0n) is 10.3. The van der Waals surface area contributed by atoms with E-state index in [9.17, 15) is 10.1 Å². The molecule has 2 aromatic rings. The van der Waals surface area contributed by atoms with Crippen LogP contribution in [0.25, 0.3) is 0 Å². The smallest absolute Gasteiger partial charge is 0.346 e. The third kappa shape index (κ3) is 2.82. The van der Waals surface area contributed by atoms with E-state index in [2.05, 4.69) is 21.4 Å². The molecule has 2 heterocycles. The molecule has 0 saturated heterocycles. The summed E-state index contributed by atoms with van der Waals surface area (Å²) in [6.07, 6.45) is 3.81. The molecule has 0 bridgehead atoms. The Morgan fingerprint density at radius 1 is 1.53 bits per heavy atom. The van der Waals surface area contributed by atoms with Crippen LogP contribution in [0.15, 0.2) is 29.8 Å². The maximum atomic E-state index is 10.9. The molecule has 2 aromatic heterocycles. The number of hydrogen-bond acceptors (Lipinski definition) is 5. The van der Waals surface area contributed by atoms with E-state index in [1.54, 1.807) is 11.3 Å². The summed E-state index contributed by atoms with van der Waals surface area (Å²) in [6, 6.07) is 6.10. The van der Waals surface area contributed by atoms with Crippen LogP contribution in [0.4, 0.5) is 5.82 Å². The highest BCUT2D eigenvalue weighted by Gasteiger charge is 2.31. The fourth-order valence-electron chi connectivity index (χ4n) is 2.10. The topological polar surface area (TPSA) is 64.2 Å². The summed E-state index contributed by atoms with van der Waals surface area (Å²) in [7, 11) is 0. The molecule has 7 heteroatoms. The standard InChI is InChI=1S/C12H14N4O2S/c17-16(18)12-5-6-13-15(12)9-14(10-3-4-10)8-11-2-1-7-19-11/h1-2,5-7,10H,3-4,8-9H2. The zero-order valence-corrected chi connectivity index (χ0v) is 11.1. The number of hydrogen-bond donors (Lipinski definition) is 0. The van der Waals surface area contributed by atoms with Crippen molar-refractivity contribution in [2.75, 3.05) is 0 Å². The SMILES string of the molecule is O=[N+]([O-])c1ccnn1CN(Cc1cccs1)C1CC1. The Balaban J connectivity index is 1.74. The highest BCUT2D eigenvalue weighted by atomic mass is 32.1. The lowest BCUT2D eigenvalue weighted by atomic mass is 10.4. The lowest BCUT2D eigenvalue weighted by Crippen LogP contribution is -2.28. The van der Waals surface area contributed by atoms with Gasteiger partial charge in [-0.1, -0.05) is 11.2 Å². The van der Waals surface area contributed by atoms with Crippen LogP contribution in [0.5, 0.6) is 0 Å². The number of thiophene rings is 1. The summed E-state index contributed by atoms with van der Waals surface area (Å²) in [4.78, 5) is 14.0. The van der Waals surface area contributed by atoms with Crippen LogP contribution in [0, 0.1) is 10.1 Å². The molecule has 0 aromatic carbocycles. The fourth-order valence-corrected chi connectivity index (χ4v) is 2.83. The van der Waals surface area contributed by atoms with E-state index >= 15 is 0 Å². The first kappa shape index (κ1) is 12.3. The number of aromatic nitrogens is 2. The average molecular weight is 278 g/mol. The van der Waals surface area contributed by atoms with Gasteiger partial charge in [-0.15, -0.1) is 16.0 Å². The summed E-state index contributed by atoms with van der Waals surface area (Å²) >= 11 is 1.71. The number of nitrogens with zero attached hydrogens (tertiary/aromatic N) is 4. The van der Waals surface area contributed by atoms with Crippen LogP contribution in [0.3, 0.4) is 0 Å². The van der Waals surface area contributed by atoms with E-state index < -0.39 is 0 Å². The normalized spacial score (nSPS) is 15.0. The van der Waals surface area contributed by atoms with E-state index in [-0.39, 0.29) is 10.7 Å². The minimum Gasteiger partial charge on any atom is -0.358 e. The van der Waals surface area contributed by atoms with Gasteiger partial charge in [-0.05, 0) is 29.2 Å². The molecular formula is C12H14N4O2S. The minimum absolute atomic E-state index is 0.0526. The number of nitro groups is 1. The highest BCUT2D eigenvalue weighted by molar-refractivity contribution is 7.09. The molecule has 0 radical (unpaired) electrons. The highest BCUT2D eigenvalue weighted by Crippen LogP contribution is 2.30. The molecular weight excluding hydrogens is 264 g/mol. The van der Waals surface area contributed by atoms with Crippen molar-refractivity contribution in [1.29, 1.82) is 0 Å². The summed E-state index contributed by atoms with van der Waals surface area (Å²) < 4.78 is 1.46. The van der Waals surface area contributed by atoms with Crippen molar-refractivity contribution in [3.63, 3.8) is 0 Å². The molecule has 100 valence electrons. The van der Waals surface area contributed by atoms with Crippen molar-refractivity contribution >= 4 is 17.2 Å². The maximum Gasteiger partial charge on any atom is 0.346 e. The van der Waals surface area contributed by atoms with Gasteiger partial charge in [0.1, 0.15) is 0 Å². The van der Waals surface area contributed by atoms with E-state index in [0.717, 1.165) is 6.54 Å². The largest absolute Gasteiger partial charge is 0.358 e. The zero-order chi connectivity index (χ0) is 13.2. The molecule has 19 heavy (non-hydrogen) atoms. The van der Waals surface area contributed by atoms with Crippen LogP contribution in [-0.4, -0.2) is 25.6 Å². The van der Waals surface area contributed by atoms with E-state index in [0.29, 0.717) is 12.7 Å². The number of rotatable bonds is 6. The van der Waals surface area contributed by atoms with Crippen molar-refractivity contribution < 1.29 is 4.92 Å². The first-order chi connectivity index (χ1) is 9.24. The van der Waals surface area contributed by atoms with Crippen molar-refractivity contribution in [2.45, 2.75) is 32.1 Å². The van der Waals surface area contributed by atoms with Crippen LogP contribution in [0.2, 0.25) is 0 Å². The summed E-state index contributed by atoms with van der Waals surface area (Å²) in [5.41, 5.74) is 0. The van der Waals surface area contributed by atoms with Crippen LogP contribution in [-0.2, 0) is 13.2 Å². The second-order valence-corrected chi connectivity index (χ2v) is 5.68. The molecule has 0 atom stereocenters. The van der Waals surface area contributed by atoms with Gasteiger partial charge in [0.15, 0.2) is 6.67 Å². The Morgan fingerprint density at radius 2 is 2.37 bits per heavy atom. The quantitative estimate of drug-likeness (QED) is 0.601. The van der Waals surface area contributed by atoms with Crippen LogP contribution in [0.1, 0.15) is 17.7 Å². The molecule has 6 nitrogen and oxygen atoms in total. The van der Waals surface area contributed by atoms with Gasteiger partial charge in [0, 0.05) is 17.5 Å². The third-order valence-corrected chi connectivity index (χ3v) is 4.06. The average Bonchev–Trinajstić information content (AvgIpc) is 2.90. The minimum atomic E-state index is -0.386. The van der Waals surface area contributed by atoms with Crippen molar-refractivity contribution in [3.05, 3.63) is 44.8 Å². The molecule has 0 N–H and O–H groups in total. The van der Waals surface area contributed by atoms with E-state index in [4.69, 9.17) is 0 Å². The molecule has 1 saturated carbocycles. The van der Waals surface area contributed by atoms with Gasteiger partial charge >= 0.3 is 5.82 Å². The van der Waals surface area contributed by atoms with Gasteiger partial charge in [-0.25, -0.2) is 0 Å². The predicted octanol–water partition coefficient (Wildman–Crippen LogP) is 2.47. The van der Waals surface area contributed by atoms with Crippen molar-refractivity contribution in [2.24, 2.45) is 0 Å². The predicted molar refractivity (Wildman–Crippen MR) is 71.8 cm³/mol. The Kier molecular flexibility index (Phi) is 3.31. The van der Waals surface area contributed by atoms with Gasteiger partial charge in [0.2, 0.25) is 0 Å². The molecule has 1 aliphatic carbocycles. The van der Waals surface area contributed by atoms with Gasteiger partial charge < -0.3 is 10.1 Å². The van der Waals surface area contributed by atoms with Crippen LogP contribution >= 0.6 is 11.3 Å². The molecule has 1 aliphatic rings. The Morgan fingerprint density at radius 3 is 3.00 bits per heavy atom. The Hall–Kier alpha value is -1.73. The second-order valence-electron chi connectivity index (χ2n) is 4.64. The van der Waals surface area contributed by atoms with Gasteiger partial charge in [0.25, 0.3) is 0 Å². The summed E-state index contributed by atoms with van der Waals surface area (Å²) in [6.45, 7) is 1.31. The van der Waals surface area contributed by atoms with Gasteiger partial charge in [0.05, 0.1) is 12.3 Å². The molecule has 1 fully saturated rings. The van der Waals surface area contributed by atoms with Crippen molar-refractivity contribution in [1.82, 2.24) is 14.7 Å². The van der Waals surface area contributed by atoms with E-state index in [1.165, 1.54) is 34.7 Å². The Labute approximate surface area is 114 Å². The molecule has 0 aliphatic heterocycles. The van der Waals surface area contributed by atoms with E-state index in [1.807, 2.05) is 6.07 Å². The third-order valence-electron chi connectivity index (χ3n) is 3.20. The summed E-state index contributed by atoms with van der Waals surface area (Å²) in [5, 5.41) is 17.0. The van der Waals surface area contributed by atoms with Gasteiger partial charge in [-0.2, -0.15) is 0 Å². The lowest BCUT2D eigenvalue weighted by Gasteiger charge is -2.18. The molecule has 3 rings (SSSR count).